The number of nitrogens with zero attached hydrogens (tertiary/aromatic N) is 4. The Kier molecular flexibility index (Phi) is 5.37. The Morgan fingerprint density at radius 1 is 1.14 bits per heavy atom. The summed E-state index contributed by atoms with van der Waals surface area (Å²) in [5, 5.41) is 17.1. The third kappa shape index (κ3) is 4.05. The van der Waals surface area contributed by atoms with E-state index in [2.05, 4.69) is 27.3 Å². The second kappa shape index (κ2) is 7.93. The number of hydrogen-bond donors (Lipinski definition) is 2. The molecule has 1 aromatic carbocycles. The average molecular weight is 383 g/mol. The van der Waals surface area contributed by atoms with E-state index in [0.29, 0.717) is 18.4 Å². The van der Waals surface area contributed by atoms with Crippen LogP contribution in [0.2, 0.25) is 0 Å². The highest BCUT2D eigenvalue weighted by atomic mass is 16.3. The van der Waals surface area contributed by atoms with Crippen molar-refractivity contribution in [2.45, 2.75) is 25.0 Å². The van der Waals surface area contributed by atoms with Crippen LogP contribution in [0.3, 0.4) is 0 Å². The van der Waals surface area contributed by atoms with Crippen LogP contribution in [0.25, 0.3) is 0 Å². The highest BCUT2D eigenvalue weighted by Gasteiger charge is 2.36. The van der Waals surface area contributed by atoms with Crippen LogP contribution in [0.4, 0.5) is 5.69 Å². The summed E-state index contributed by atoms with van der Waals surface area (Å²) in [5.74, 6) is 0.160. The number of rotatable bonds is 5. The number of aromatic nitrogens is 2. The molecule has 1 aliphatic carbocycles. The third-order valence-electron chi connectivity index (χ3n) is 5.99. The Bertz CT molecular complexity index is 804. The number of benzene rings is 1. The van der Waals surface area contributed by atoms with Crippen LogP contribution in [-0.4, -0.2) is 65.0 Å². The fraction of sp³-hybridized carbons (Fsp3) is 0.524. The predicted octanol–water partition coefficient (Wildman–Crippen LogP) is 1.41. The molecule has 7 heteroatoms. The highest BCUT2D eigenvalue weighted by Crippen LogP contribution is 2.38. The van der Waals surface area contributed by atoms with Crippen LogP contribution in [0.5, 0.6) is 0 Å². The maximum atomic E-state index is 12.9. The molecule has 4 rings (SSSR count). The van der Waals surface area contributed by atoms with Gasteiger partial charge in [-0.15, -0.1) is 0 Å². The fourth-order valence-corrected chi connectivity index (χ4v) is 4.09. The third-order valence-corrected chi connectivity index (χ3v) is 5.99. The molecule has 2 heterocycles. The lowest BCUT2D eigenvalue weighted by atomic mass is 9.75. The normalized spacial score (nSPS) is 23.9. The monoisotopic (exact) mass is 383 g/mol. The Morgan fingerprint density at radius 3 is 2.39 bits per heavy atom. The van der Waals surface area contributed by atoms with Gasteiger partial charge in [-0.25, -0.2) is 0 Å². The standard InChI is InChI=1S/C21H29N5O2/c1-24-7-9-26(10-8-24)18-5-3-15(4-6-18)21(28)23-20(16-11-19(27)12-16)17-13-22-25(2)14-17/h3-6,13-14,16,19-20,27H,7-12H2,1-2H3,(H,23,28)/t16?,19?,20-/m0/s1. The zero-order chi connectivity index (χ0) is 19.7. The Morgan fingerprint density at radius 2 is 1.82 bits per heavy atom. The number of carbonyl (C=O) groups excluding carboxylic acids is 1. The summed E-state index contributed by atoms with van der Waals surface area (Å²) in [4.78, 5) is 17.6. The number of piperazine rings is 1. The van der Waals surface area contributed by atoms with Gasteiger partial charge in [0.05, 0.1) is 18.3 Å². The van der Waals surface area contributed by atoms with Crippen molar-refractivity contribution in [3.8, 4) is 0 Å². The van der Waals surface area contributed by atoms with Crippen LogP contribution >= 0.6 is 0 Å². The van der Waals surface area contributed by atoms with Gasteiger partial charge in [-0.3, -0.25) is 9.48 Å². The number of nitrogens with one attached hydrogen (secondary N) is 1. The van der Waals surface area contributed by atoms with Gasteiger partial charge in [0.1, 0.15) is 0 Å². The quantitative estimate of drug-likeness (QED) is 0.817. The molecule has 2 aliphatic rings. The summed E-state index contributed by atoms with van der Waals surface area (Å²) in [5.41, 5.74) is 2.81. The number of anilines is 1. The SMILES string of the molecule is CN1CCN(c2ccc(C(=O)N[C@H](c3cnn(C)c3)C3CC(O)C3)cc2)CC1. The molecule has 28 heavy (non-hydrogen) atoms. The molecule has 1 saturated carbocycles. The van der Waals surface area contributed by atoms with E-state index in [0.717, 1.165) is 37.4 Å². The number of hydrogen-bond acceptors (Lipinski definition) is 5. The molecule has 0 spiro atoms. The van der Waals surface area contributed by atoms with Crippen molar-refractivity contribution in [1.29, 1.82) is 0 Å². The maximum absolute atomic E-state index is 12.9. The number of aryl methyl sites for hydroxylation is 1. The maximum Gasteiger partial charge on any atom is 0.251 e. The number of aliphatic hydroxyl groups excluding tert-OH is 1. The Labute approximate surface area is 165 Å². The van der Waals surface area contributed by atoms with Crippen molar-refractivity contribution in [1.82, 2.24) is 20.0 Å². The molecule has 0 radical (unpaired) electrons. The smallest absolute Gasteiger partial charge is 0.251 e. The lowest BCUT2D eigenvalue weighted by Crippen LogP contribution is -2.44. The number of amides is 1. The van der Waals surface area contributed by atoms with Crippen LogP contribution in [-0.2, 0) is 7.05 Å². The van der Waals surface area contributed by atoms with Crippen LogP contribution in [0.15, 0.2) is 36.7 Å². The first-order valence-electron chi connectivity index (χ1n) is 10.0. The minimum absolute atomic E-state index is 0.0832. The van der Waals surface area contributed by atoms with Crippen molar-refractivity contribution in [3.63, 3.8) is 0 Å². The number of carbonyl (C=O) groups is 1. The molecule has 0 unspecified atom stereocenters. The van der Waals surface area contributed by atoms with E-state index in [-0.39, 0.29) is 24.0 Å². The van der Waals surface area contributed by atoms with Gasteiger partial charge in [0, 0.05) is 56.2 Å². The molecule has 1 atom stereocenters. The number of aliphatic hydroxyl groups is 1. The van der Waals surface area contributed by atoms with Gasteiger partial charge >= 0.3 is 0 Å². The van der Waals surface area contributed by atoms with Crippen molar-refractivity contribution in [2.75, 3.05) is 38.1 Å². The summed E-state index contributed by atoms with van der Waals surface area (Å²) in [6.45, 7) is 4.13. The molecule has 2 aromatic rings. The van der Waals surface area contributed by atoms with Crippen LogP contribution in [0, 0.1) is 5.92 Å². The van der Waals surface area contributed by atoms with E-state index in [9.17, 15) is 9.90 Å². The minimum atomic E-state index is -0.260. The number of likely N-dealkylation sites (N-methyl/N-ethyl adjacent to an activating group) is 1. The lowest BCUT2D eigenvalue weighted by molar-refractivity contribution is 0.0235. The summed E-state index contributed by atoms with van der Waals surface area (Å²) in [6.07, 6.45) is 4.90. The van der Waals surface area contributed by atoms with E-state index >= 15 is 0 Å². The Hall–Kier alpha value is -2.38. The first kappa shape index (κ1) is 19.0. The summed E-state index contributed by atoms with van der Waals surface area (Å²) in [7, 11) is 4.01. The molecule has 1 aliphatic heterocycles. The molecule has 2 N–H and O–H groups in total. The zero-order valence-corrected chi connectivity index (χ0v) is 16.6. The molecule has 1 aromatic heterocycles. The van der Waals surface area contributed by atoms with Gasteiger partial charge < -0.3 is 20.2 Å². The van der Waals surface area contributed by atoms with E-state index < -0.39 is 0 Å². The second-order valence-electron chi connectivity index (χ2n) is 8.12. The van der Waals surface area contributed by atoms with E-state index in [1.807, 2.05) is 37.5 Å². The minimum Gasteiger partial charge on any atom is -0.393 e. The van der Waals surface area contributed by atoms with Crippen molar-refractivity contribution in [2.24, 2.45) is 13.0 Å². The van der Waals surface area contributed by atoms with Crippen LogP contribution < -0.4 is 10.2 Å². The zero-order valence-electron chi connectivity index (χ0n) is 16.6. The van der Waals surface area contributed by atoms with Gasteiger partial charge in [-0.2, -0.15) is 5.10 Å². The molecular formula is C21H29N5O2. The first-order chi connectivity index (χ1) is 13.5. The topological polar surface area (TPSA) is 73.6 Å². The largest absolute Gasteiger partial charge is 0.393 e. The van der Waals surface area contributed by atoms with E-state index in [1.54, 1.807) is 10.9 Å². The molecule has 0 bridgehead atoms. The summed E-state index contributed by atoms with van der Waals surface area (Å²) in [6, 6.07) is 7.75. The van der Waals surface area contributed by atoms with Crippen molar-refractivity contribution < 1.29 is 9.90 Å². The molecule has 150 valence electrons. The van der Waals surface area contributed by atoms with Crippen LogP contribution in [0.1, 0.15) is 34.8 Å². The molecule has 1 saturated heterocycles. The fourth-order valence-electron chi connectivity index (χ4n) is 4.09. The van der Waals surface area contributed by atoms with E-state index in [1.165, 1.54) is 0 Å². The molecule has 2 fully saturated rings. The first-order valence-corrected chi connectivity index (χ1v) is 10.0. The molecule has 1 amide bonds. The van der Waals surface area contributed by atoms with Gasteiger partial charge in [0.15, 0.2) is 0 Å². The molecule has 7 nitrogen and oxygen atoms in total. The summed E-state index contributed by atoms with van der Waals surface area (Å²) < 4.78 is 1.74. The van der Waals surface area contributed by atoms with Crippen molar-refractivity contribution in [3.05, 3.63) is 47.8 Å². The van der Waals surface area contributed by atoms with Gasteiger partial charge in [-0.1, -0.05) is 0 Å². The summed E-state index contributed by atoms with van der Waals surface area (Å²) >= 11 is 0. The van der Waals surface area contributed by atoms with E-state index in [4.69, 9.17) is 0 Å². The van der Waals surface area contributed by atoms with Gasteiger partial charge in [-0.05, 0) is 50.1 Å². The van der Waals surface area contributed by atoms with Gasteiger partial charge in [0.25, 0.3) is 5.91 Å². The lowest BCUT2D eigenvalue weighted by Gasteiger charge is -2.37. The second-order valence-corrected chi connectivity index (χ2v) is 8.12. The van der Waals surface area contributed by atoms with Gasteiger partial charge in [0.2, 0.25) is 0 Å². The predicted molar refractivity (Wildman–Crippen MR) is 108 cm³/mol. The Balaban J connectivity index is 1.44. The molecular weight excluding hydrogens is 354 g/mol. The van der Waals surface area contributed by atoms with Crippen molar-refractivity contribution >= 4 is 11.6 Å². The highest BCUT2D eigenvalue weighted by molar-refractivity contribution is 5.94. The average Bonchev–Trinajstić information content (AvgIpc) is 3.10.